The van der Waals surface area contributed by atoms with Crippen LogP contribution in [0.25, 0.3) is 0 Å². The predicted molar refractivity (Wildman–Crippen MR) is 22.5 cm³/mol. The highest BCUT2D eigenvalue weighted by molar-refractivity contribution is 7.70. The minimum atomic E-state index is -1.38. The van der Waals surface area contributed by atoms with E-state index in [1.807, 2.05) is 0 Å². The third-order valence-corrected chi connectivity index (χ3v) is 0.895. The smallest absolute Gasteiger partial charge is 0.150 e. The zero-order valence-corrected chi connectivity index (χ0v) is 4.38. The maximum absolute atomic E-state index is 6.43. The van der Waals surface area contributed by atoms with Gasteiger partial charge >= 0.3 is 7.29 Å². The van der Waals surface area contributed by atoms with Crippen LogP contribution < -0.4 is 0 Å². The fraction of sp³-hybridized carbons (Fsp3) is 1.00. The molecule has 30 valence electrons. The van der Waals surface area contributed by atoms with Gasteiger partial charge in [-0.2, -0.15) is 0 Å². The van der Waals surface area contributed by atoms with Crippen LogP contribution in [0.5, 0.6) is 0 Å². The largest absolute Gasteiger partial charge is 0.493 e. The van der Waals surface area contributed by atoms with Crippen LogP contribution in [0.2, 0.25) is 0 Å². The predicted octanol–water partition coefficient (Wildman–Crippen LogP) is 1.95. The maximum atomic E-state index is 6.43. The van der Waals surface area contributed by atoms with E-state index in [-0.39, 0.29) is 0 Å². The number of nitrogens with one attached hydrogen (secondary N) is 1. The fourth-order valence-electron chi connectivity index (χ4n) is 0. The van der Waals surface area contributed by atoms with E-state index in [0.29, 0.717) is 0 Å². The molecule has 4 heteroatoms. The van der Waals surface area contributed by atoms with Crippen molar-refractivity contribution in [3.8, 4) is 0 Å². The van der Waals surface area contributed by atoms with Crippen LogP contribution in [0.15, 0.2) is 0 Å². The molecule has 0 aromatic carbocycles. The van der Waals surface area contributed by atoms with E-state index in [9.17, 15) is 0 Å². The monoisotopic (exact) mass is 112 g/mol. The standard InChI is InChI=1S/CH4ClNOP/c1-4-5(2)3/h3H,1H3/q+1. The van der Waals surface area contributed by atoms with Crippen LogP contribution in [0.3, 0.4) is 0 Å². The fourth-order valence-corrected chi connectivity index (χ4v) is 0. The number of halogens is 1. The molecular formula is CH4ClNOP+. The van der Waals surface area contributed by atoms with Gasteiger partial charge in [0.25, 0.3) is 0 Å². The van der Waals surface area contributed by atoms with Crippen LogP contribution >= 0.6 is 18.5 Å². The average Bonchev–Trinajstić information content (AvgIpc) is 1.38. The molecule has 0 aliphatic heterocycles. The van der Waals surface area contributed by atoms with Crippen molar-refractivity contribution in [2.24, 2.45) is 0 Å². The Bertz CT molecular complexity index is 46.9. The first-order valence-electron chi connectivity index (χ1n) is 0.983. The summed E-state index contributed by atoms with van der Waals surface area (Å²) < 4.78 is 4.25. The van der Waals surface area contributed by atoms with E-state index in [0.717, 1.165) is 0 Å². The Balaban J connectivity index is 2.85. The van der Waals surface area contributed by atoms with E-state index in [1.165, 1.54) is 7.11 Å². The van der Waals surface area contributed by atoms with Gasteiger partial charge in [0, 0.05) is 0 Å². The first kappa shape index (κ1) is 5.35. The summed E-state index contributed by atoms with van der Waals surface area (Å²) in [6.45, 7) is 0. The van der Waals surface area contributed by atoms with Crippen molar-refractivity contribution < 1.29 is 4.52 Å². The summed E-state index contributed by atoms with van der Waals surface area (Å²) in [6, 6.07) is 0. The van der Waals surface area contributed by atoms with Gasteiger partial charge in [0.1, 0.15) is 0 Å². The summed E-state index contributed by atoms with van der Waals surface area (Å²) >= 11 is 4.97. The molecule has 0 rings (SSSR count). The SMILES string of the molecule is CO[P+](=N)Cl. The second kappa shape index (κ2) is 2.58. The lowest BCUT2D eigenvalue weighted by Gasteiger charge is -1.58. The second-order valence-corrected chi connectivity index (χ2v) is 2.20. The minimum absolute atomic E-state index is 1.38. The molecule has 2 nitrogen and oxygen atoms in total. The first-order chi connectivity index (χ1) is 2.27. The second-order valence-electron chi connectivity index (χ2n) is 0.427. The van der Waals surface area contributed by atoms with Crippen molar-refractivity contribution in [3.05, 3.63) is 0 Å². The highest BCUT2D eigenvalue weighted by Gasteiger charge is 1.96. The highest BCUT2D eigenvalue weighted by Crippen LogP contribution is 2.25. The van der Waals surface area contributed by atoms with Gasteiger partial charge < -0.3 is 0 Å². The van der Waals surface area contributed by atoms with Gasteiger partial charge in [-0.3, -0.25) is 0 Å². The summed E-state index contributed by atoms with van der Waals surface area (Å²) in [6.07, 6.45) is 0. The Morgan fingerprint density at radius 1 is 2.00 bits per heavy atom. The van der Waals surface area contributed by atoms with Crippen molar-refractivity contribution in [3.63, 3.8) is 0 Å². The summed E-state index contributed by atoms with van der Waals surface area (Å²) in [4.78, 5) is 0. The lowest BCUT2D eigenvalue weighted by molar-refractivity contribution is 0.476. The van der Waals surface area contributed by atoms with Gasteiger partial charge in [-0.1, -0.05) is 5.16 Å². The van der Waals surface area contributed by atoms with Crippen molar-refractivity contribution in [1.82, 2.24) is 0 Å². The lowest BCUT2D eigenvalue weighted by atomic mass is 11.8. The van der Waals surface area contributed by atoms with Gasteiger partial charge in [-0.15, -0.1) is 4.52 Å². The third kappa shape index (κ3) is 4.35. The molecule has 0 bridgehead atoms. The van der Waals surface area contributed by atoms with Crippen molar-refractivity contribution in [2.45, 2.75) is 0 Å². The molecule has 0 heterocycles. The summed E-state index contributed by atoms with van der Waals surface area (Å²) in [5.74, 6) is 0. The van der Waals surface area contributed by atoms with Crippen LogP contribution in [0.1, 0.15) is 0 Å². The Morgan fingerprint density at radius 3 is 2.20 bits per heavy atom. The minimum Gasteiger partial charge on any atom is -0.150 e. The van der Waals surface area contributed by atoms with Crippen LogP contribution in [0.4, 0.5) is 0 Å². The lowest BCUT2D eigenvalue weighted by Crippen LogP contribution is -1.49. The molecule has 1 unspecified atom stereocenters. The molecule has 0 aliphatic carbocycles. The summed E-state index contributed by atoms with van der Waals surface area (Å²) in [5.41, 5.74) is 0. The van der Waals surface area contributed by atoms with Crippen LogP contribution in [-0.2, 0) is 4.52 Å². The topological polar surface area (TPSA) is 33.1 Å². The Morgan fingerprint density at radius 2 is 2.20 bits per heavy atom. The summed E-state index contributed by atoms with van der Waals surface area (Å²) in [5, 5.41) is 6.43. The molecule has 0 fully saturated rings. The van der Waals surface area contributed by atoms with Gasteiger partial charge in [-0.25, -0.2) is 0 Å². The Labute approximate surface area is 36.2 Å². The molecule has 1 atom stereocenters. The van der Waals surface area contributed by atoms with E-state index in [2.05, 4.69) is 4.52 Å². The quantitative estimate of drug-likeness (QED) is 0.517. The van der Waals surface area contributed by atoms with Crippen molar-refractivity contribution in [2.75, 3.05) is 7.11 Å². The number of hydrogen-bond acceptors (Lipinski definition) is 2. The molecule has 1 N–H and O–H groups in total. The molecule has 5 heavy (non-hydrogen) atoms. The molecule has 0 aliphatic rings. The molecule has 0 spiro atoms. The zero-order chi connectivity index (χ0) is 4.28. The van der Waals surface area contributed by atoms with E-state index in [4.69, 9.17) is 16.4 Å². The molecule has 0 saturated heterocycles. The molecule has 0 aromatic heterocycles. The van der Waals surface area contributed by atoms with Gasteiger partial charge in [0.15, 0.2) is 0 Å². The van der Waals surface area contributed by atoms with Crippen molar-refractivity contribution in [1.29, 1.82) is 5.16 Å². The summed E-state index contributed by atoms with van der Waals surface area (Å²) in [7, 11) is 0.0324. The van der Waals surface area contributed by atoms with Gasteiger partial charge in [-0.05, 0) is 0 Å². The van der Waals surface area contributed by atoms with Crippen molar-refractivity contribution >= 4 is 18.5 Å². The molecule has 0 amide bonds. The normalized spacial score (nSPS) is 11.2. The third-order valence-electron chi connectivity index (χ3n) is 0.160. The van der Waals surface area contributed by atoms with Crippen LogP contribution in [-0.4, -0.2) is 7.11 Å². The van der Waals surface area contributed by atoms with Gasteiger partial charge in [0.2, 0.25) is 11.2 Å². The van der Waals surface area contributed by atoms with E-state index >= 15 is 0 Å². The maximum Gasteiger partial charge on any atom is 0.493 e. The zero-order valence-electron chi connectivity index (χ0n) is 2.73. The number of rotatable bonds is 1. The van der Waals surface area contributed by atoms with E-state index < -0.39 is 7.29 Å². The Kier molecular flexibility index (Phi) is 2.76. The number of hydrogen-bond donors (Lipinski definition) is 1. The highest BCUT2D eigenvalue weighted by atomic mass is 35.7. The molecule has 0 aromatic rings. The first-order valence-corrected chi connectivity index (χ1v) is 3.15. The van der Waals surface area contributed by atoms with Crippen LogP contribution in [0, 0.1) is 5.16 Å². The van der Waals surface area contributed by atoms with Gasteiger partial charge in [0.05, 0.1) is 7.11 Å². The molecule has 0 saturated carbocycles. The Hall–Kier alpha value is 0.350. The molecule has 0 radical (unpaired) electrons. The van der Waals surface area contributed by atoms with E-state index in [1.54, 1.807) is 0 Å². The average molecular weight is 112 g/mol. The molecular weight excluding hydrogens is 108 g/mol.